The van der Waals surface area contributed by atoms with Crippen LogP contribution < -0.4 is 5.43 Å². The van der Waals surface area contributed by atoms with Crippen molar-refractivity contribution in [2.45, 2.75) is 6.54 Å². The number of aromatic nitrogens is 4. The number of carbonyl (C=O) groups is 1. The van der Waals surface area contributed by atoms with Crippen LogP contribution in [0.25, 0.3) is 11.4 Å². The molecule has 9 heteroatoms. The molecule has 126 valence electrons. The fraction of sp³-hybridized carbons (Fsp3) is 0.0625. The zero-order valence-electron chi connectivity index (χ0n) is 12.8. The van der Waals surface area contributed by atoms with Crippen LogP contribution >= 0.6 is 23.2 Å². The highest BCUT2D eigenvalue weighted by Crippen LogP contribution is 2.24. The largest absolute Gasteiger partial charge is 0.271 e. The third-order valence-corrected chi connectivity index (χ3v) is 3.98. The van der Waals surface area contributed by atoms with Crippen molar-refractivity contribution in [3.63, 3.8) is 0 Å². The summed E-state index contributed by atoms with van der Waals surface area (Å²) in [6, 6.07) is 14.5. The number of hydrazone groups is 1. The minimum atomic E-state index is -0.397. The quantitative estimate of drug-likeness (QED) is 0.549. The van der Waals surface area contributed by atoms with Crippen LogP contribution in [0.1, 0.15) is 5.56 Å². The summed E-state index contributed by atoms with van der Waals surface area (Å²) in [5, 5.41) is 16.6. The molecule has 25 heavy (non-hydrogen) atoms. The van der Waals surface area contributed by atoms with Gasteiger partial charge >= 0.3 is 0 Å². The van der Waals surface area contributed by atoms with Gasteiger partial charge in [-0.25, -0.2) is 5.43 Å². The van der Waals surface area contributed by atoms with Gasteiger partial charge in [-0.05, 0) is 11.3 Å². The molecule has 7 nitrogen and oxygen atoms in total. The van der Waals surface area contributed by atoms with Crippen molar-refractivity contribution in [2.24, 2.45) is 5.10 Å². The molecular formula is C16H12Cl2N6O. The summed E-state index contributed by atoms with van der Waals surface area (Å²) in [5.41, 5.74) is 3.79. The van der Waals surface area contributed by atoms with E-state index in [1.165, 1.54) is 11.0 Å². The first kappa shape index (κ1) is 17.1. The lowest BCUT2D eigenvalue weighted by Crippen LogP contribution is -2.24. The number of amides is 1. The van der Waals surface area contributed by atoms with Crippen LogP contribution in [-0.4, -0.2) is 32.3 Å². The number of hydrogen-bond acceptors (Lipinski definition) is 5. The fourth-order valence-electron chi connectivity index (χ4n) is 1.97. The normalized spacial score (nSPS) is 11.0. The third-order valence-electron chi connectivity index (χ3n) is 3.14. The molecule has 3 aromatic rings. The highest BCUT2D eigenvalue weighted by molar-refractivity contribution is 6.43. The van der Waals surface area contributed by atoms with Gasteiger partial charge in [0.05, 0.1) is 16.3 Å². The van der Waals surface area contributed by atoms with E-state index in [9.17, 15) is 4.79 Å². The zero-order chi connectivity index (χ0) is 17.6. The number of tetrazole rings is 1. The summed E-state index contributed by atoms with van der Waals surface area (Å²) in [6.07, 6.45) is 1.41. The molecule has 1 heterocycles. The molecule has 1 amide bonds. The summed E-state index contributed by atoms with van der Waals surface area (Å²) in [4.78, 5) is 13.1. The van der Waals surface area contributed by atoms with Gasteiger partial charge in [0.25, 0.3) is 5.91 Å². The second kappa shape index (κ2) is 7.87. The molecule has 1 N–H and O–H groups in total. The number of carbonyl (C=O) groups excluding carboxylic acids is 1. The fourth-order valence-corrected chi connectivity index (χ4v) is 2.33. The highest BCUT2D eigenvalue weighted by Gasteiger charge is 2.08. The number of nitrogens with zero attached hydrogens (tertiary/aromatic N) is 5. The maximum Gasteiger partial charge on any atom is 0.263 e. The molecule has 0 radical (unpaired) electrons. The minimum Gasteiger partial charge on any atom is -0.271 e. The Hall–Kier alpha value is -2.77. The SMILES string of the molecule is O=C(Cn1nnc(-c2ccccc2)n1)N/N=C/c1cccc(Cl)c1Cl. The van der Waals surface area contributed by atoms with E-state index in [0.29, 0.717) is 21.4 Å². The Bertz CT molecular complexity index is 910. The molecule has 3 rings (SSSR count). The lowest BCUT2D eigenvalue weighted by Gasteiger charge is -2.00. The highest BCUT2D eigenvalue weighted by atomic mass is 35.5. The summed E-state index contributed by atoms with van der Waals surface area (Å²) >= 11 is 11.9. The van der Waals surface area contributed by atoms with Gasteiger partial charge in [0.2, 0.25) is 5.82 Å². The Morgan fingerprint density at radius 1 is 1.16 bits per heavy atom. The van der Waals surface area contributed by atoms with Gasteiger partial charge in [0.15, 0.2) is 0 Å². The van der Waals surface area contributed by atoms with Gasteiger partial charge in [0, 0.05) is 11.1 Å². The second-order valence-electron chi connectivity index (χ2n) is 4.95. The van der Waals surface area contributed by atoms with E-state index in [2.05, 4.69) is 25.9 Å². The monoisotopic (exact) mass is 374 g/mol. The van der Waals surface area contributed by atoms with E-state index in [1.807, 2.05) is 30.3 Å². The average molecular weight is 375 g/mol. The summed E-state index contributed by atoms with van der Waals surface area (Å²) in [7, 11) is 0. The smallest absolute Gasteiger partial charge is 0.263 e. The van der Waals surface area contributed by atoms with Crippen LogP contribution in [0.4, 0.5) is 0 Å². The number of rotatable bonds is 5. The van der Waals surface area contributed by atoms with Crippen LogP contribution in [-0.2, 0) is 11.3 Å². The third kappa shape index (κ3) is 4.40. The first-order chi connectivity index (χ1) is 12.1. The zero-order valence-corrected chi connectivity index (χ0v) is 14.3. The lowest BCUT2D eigenvalue weighted by molar-refractivity contribution is -0.122. The maximum atomic E-state index is 11.9. The van der Waals surface area contributed by atoms with Gasteiger partial charge in [-0.15, -0.1) is 10.2 Å². The van der Waals surface area contributed by atoms with Crippen LogP contribution in [0.2, 0.25) is 10.0 Å². The van der Waals surface area contributed by atoms with Crippen molar-refractivity contribution >= 4 is 35.3 Å². The van der Waals surface area contributed by atoms with Crippen molar-refractivity contribution in [1.29, 1.82) is 0 Å². The molecule has 0 atom stereocenters. The predicted octanol–water partition coefficient (Wildman–Crippen LogP) is 2.80. The summed E-state index contributed by atoms with van der Waals surface area (Å²) in [6.45, 7) is -0.111. The van der Waals surface area contributed by atoms with Gasteiger partial charge in [-0.3, -0.25) is 4.79 Å². The van der Waals surface area contributed by atoms with Crippen molar-refractivity contribution in [1.82, 2.24) is 25.6 Å². The van der Waals surface area contributed by atoms with E-state index < -0.39 is 5.91 Å². The Morgan fingerprint density at radius 3 is 2.76 bits per heavy atom. The summed E-state index contributed by atoms with van der Waals surface area (Å²) < 4.78 is 0. The molecule has 0 aliphatic carbocycles. The van der Waals surface area contributed by atoms with Crippen molar-refractivity contribution in [3.8, 4) is 11.4 Å². The predicted molar refractivity (Wildman–Crippen MR) is 95.5 cm³/mol. The minimum absolute atomic E-state index is 0.111. The molecule has 0 bridgehead atoms. The molecule has 0 unspecified atom stereocenters. The molecule has 2 aromatic carbocycles. The van der Waals surface area contributed by atoms with Gasteiger partial charge in [-0.1, -0.05) is 65.7 Å². The Balaban J connectivity index is 1.59. The van der Waals surface area contributed by atoms with Crippen molar-refractivity contribution in [2.75, 3.05) is 0 Å². The molecule has 0 aliphatic rings. The number of nitrogens with one attached hydrogen (secondary N) is 1. The Labute approximate surface area is 153 Å². The molecular weight excluding hydrogens is 363 g/mol. The number of hydrogen-bond donors (Lipinski definition) is 1. The summed E-state index contributed by atoms with van der Waals surface area (Å²) in [5.74, 6) is 0.0500. The molecule has 0 spiro atoms. The van der Waals surface area contributed by atoms with E-state index in [-0.39, 0.29) is 6.54 Å². The van der Waals surface area contributed by atoms with Crippen molar-refractivity contribution < 1.29 is 4.79 Å². The van der Waals surface area contributed by atoms with Gasteiger partial charge < -0.3 is 0 Å². The number of benzene rings is 2. The van der Waals surface area contributed by atoms with Crippen LogP contribution in [0.3, 0.4) is 0 Å². The van der Waals surface area contributed by atoms with Crippen molar-refractivity contribution in [3.05, 3.63) is 64.1 Å². The van der Waals surface area contributed by atoms with E-state index in [1.54, 1.807) is 18.2 Å². The molecule has 0 saturated heterocycles. The average Bonchev–Trinajstić information content (AvgIpc) is 3.08. The second-order valence-corrected chi connectivity index (χ2v) is 5.73. The van der Waals surface area contributed by atoms with Gasteiger partial charge in [0.1, 0.15) is 6.54 Å². The van der Waals surface area contributed by atoms with Gasteiger partial charge in [-0.2, -0.15) is 9.90 Å². The number of halogens is 2. The topological polar surface area (TPSA) is 85.1 Å². The Kier molecular flexibility index (Phi) is 5.37. The standard InChI is InChI=1S/C16H12Cl2N6O/c17-13-8-4-7-12(15(13)18)9-19-20-14(25)10-24-22-16(21-23-24)11-5-2-1-3-6-11/h1-9H,10H2,(H,20,25)/b19-9+. The molecule has 0 aliphatic heterocycles. The van der Waals surface area contributed by atoms with Crippen LogP contribution in [0.5, 0.6) is 0 Å². The molecule has 1 aromatic heterocycles. The Morgan fingerprint density at radius 2 is 1.96 bits per heavy atom. The van der Waals surface area contributed by atoms with E-state index >= 15 is 0 Å². The van der Waals surface area contributed by atoms with Crippen LogP contribution in [0.15, 0.2) is 53.6 Å². The first-order valence-electron chi connectivity index (χ1n) is 7.22. The molecule has 0 fully saturated rings. The van der Waals surface area contributed by atoms with E-state index in [4.69, 9.17) is 23.2 Å². The molecule has 0 saturated carbocycles. The van der Waals surface area contributed by atoms with Crippen LogP contribution in [0, 0.1) is 0 Å². The van der Waals surface area contributed by atoms with E-state index in [0.717, 1.165) is 5.56 Å². The lowest BCUT2D eigenvalue weighted by atomic mass is 10.2. The first-order valence-corrected chi connectivity index (χ1v) is 7.98. The maximum absolute atomic E-state index is 11.9.